The topological polar surface area (TPSA) is 12.5 Å². The molecule has 0 aliphatic heterocycles. The largest absolute Gasteiger partial charge is 0.383 e. The number of hydrogen-bond donors (Lipinski definition) is 0. The minimum atomic E-state index is 0. The molecule has 0 heterocycles. The lowest BCUT2D eigenvalue weighted by atomic mass is 10.5. The third-order valence-electron chi connectivity index (χ3n) is 1.22. The van der Waals surface area contributed by atoms with Gasteiger partial charge in [-0.3, -0.25) is 0 Å². The van der Waals surface area contributed by atoms with Crippen molar-refractivity contribution in [3.05, 3.63) is 0 Å². The molecule has 0 aliphatic rings. The summed E-state index contributed by atoms with van der Waals surface area (Å²) in [7, 11) is 3.81. The molecule has 12 heavy (non-hydrogen) atoms. The van der Waals surface area contributed by atoms with Gasteiger partial charge in [0.25, 0.3) is 0 Å². The highest BCUT2D eigenvalue weighted by atomic mass is 16.5. The van der Waals surface area contributed by atoms with Gasteiger partial charge in [0.1, 0.15) is 0 Å². The van der Waals surface area contributed by atoms with Crippen LogP contribution >= 0.6 is 0 Å². The second-order valence-electron chi connectivity index (χ2n) is 1.89. The summed E-state index contributed by atoms with van der Waals surface area (Å²) in [6.45, 7) is 5.11. The highest BCUT2D eigenvalue weighted by Crippen LogP contribution is 1.78. The average molecular weight is 181 g/mol. The van der Waals surface area contributed by atoms with Crippen LogP contribution < -0.4 is 0 Å². The zero-order valence-corrected chi connectivity index (χ0v) is 5.98. The van der Waals surface area contributed by atoms with Crippen LogP contribution in [0.4, 0.5) is 0 Å². The molecule has 82 valence electrons. The summed E-state index contributed by atoms with van der Waals surface area (Å²) in [4.78, 5) is 2.21. The Bertz CT molecular complexity index is 49.1. The number of methoxy groups -OCH3 is 1. The van der Waals surface area contributed by atoms with Gasteiger partial charge in [0, 0.05) is 13.7 Å². The van der Waals surface area contributed by atoms with E-state index in [-0.39, 0.29) is 29.7 Å². The maximum atomic E-state index is 4.87. The number of hydrogen-bond acceptors (Lipinski definition) is 2. The highest BCUT2D eigenvalue weighted by Gasteiger charge is 1.89. The van der Waals surface area contributed by atoms with Crippen molar-refractivity contribution in [2.24, 2.45) is 0 Å². The van der Waals surface area contributed by atoms with E-state index in [0.29, 0.717) is 0 Å². The Balaban J connectivity index is -0.0000000408. The van der Waals surface area contributed by atoms with E-state index in [2.05, 4.69) is 18.9 Å². The second-order valence-corrected chi connectivity index (χ2v) is 1.89. The van der Waals surface area contributed by atoms with Crippen molar-refractivity contribution < 1.29 is 4.74 Å². The summed E-state index contributed by atoms with van der Waals surface area (Å²) in [6.07, 6.45) is 0. The summed E-state index contributed by atoms with van der Waals surface area (Å²) in [5.74, 6) is 0. The van der Waals surface area contributed by atoms with Gasteiger partial charge < -0.3 is 9.64 Å². The zero-order chi connectivity index (χ0) is 6.41. The maximum absolute atomic E-state index is 4.87. The fourth-order valence-electron chi connectivity index (χ4n) is 0.405. The number of rotatable bonds is 4. The van der Waals surface area contributed by atoms with Gasteiger partial charge in [-0.1, -0.05) is 36.6 Å². The first kappa shape index (κ1) is 29.7. The fraction of sp³-hybridized carbons (Fsp3) is 1.00. The molecular formula is C10H31NO. The quantitative estimate of drug-likeness (QED) is 0.660. The molecule has 0 radical (unpaired) electrons. The van der Waals surface area contributed by atoms with Crippen LogP contribution in [0, 0.1) is 0 Å². The standard InChI is InChI=1S/C6H15NO.4CH4/c1-4-7(2)5-6-8-3;;;;/h4-6H2,1-3H3;4*1H4. The van der Waals surface area contributed by atoms with E-state index in [4.69, 9.17) is 4.74 Å². The first-order valence-corrected chi connectivity index (χ1v) is 2.98. The smallest absolute Gasteiger partial charge is 0.0589 e. The maximum Gasteiger partial charge on any atom is 0.0589 e. The van der Waals surface area contributed by atoms with Gasteiger partial charge in [-0.25, -0.2) is 0 Å². The van der Waals surface area contributed by atoms with Crippen LogP contribution in [0.2, 0.25) is 0 Å². The van der Waals surface area contributed by atoms with Crippen LogP contribution in [0.25, 0.3) is 0 Å². The lowest BCUT2D eigenvalue weighted by molar-refractivity contribution is 0.164. The van der Waals surface area contributed by atoms with Crippen molar-refractivity contribution in [1.82, 2.24) is 4.90 Å². The summed E-state index contributed by atoms with van der Waals surface area (Å²) in [5, 5.41) is 0. The third-order valence-corrected chi connectivity index (χ3v) is 1.22. The molecule has 0 amide bonds. The van der Waals surface area contributed by atoms with E-state index in [0.717, 1.165) is 19.7 Å². The molecule has 0 fully saturated rings. The summed E-state index contributed by atoms with van der Waals surface area (Å²) < 4.78 is 4.87. The molecule has 0 aromatic carbocycles. The Morgan fingerprint density at radius 3 is 1.75 bits per heavy atom. The second kappa shape index (κ2) is 22.4. The van der Waals surface area contributed by atoms with Crippen LogP contribution in [0.1, 0.15) is 36.6 Å². The predicted octanol–water partition coefficient (Wildman–Crippen LogP) is 3.13. The SMILES string of the molecule is C.C.C.C.CCN(C)CCOC. The lowest BCUT2D eigenvalue weighted by Gasteiger charge is -2.11. The average Bonchev–Trinajstić information content (AvgIpc) is 1.83. The summed E-state index contributed by atoms with van der Waals surface area (Å²) >= 11 is 0. The van der Waals surface area contributed by atoms with Crippen molar-refractivity contribution in [3.8, 4) is 0 Å². The molecule has 0 saturated heterocycles. The predicted molar refractivity (Wildman–Crippen MR) is 62.0 cm³/mol. The molecule has 0 N–H and O–H groups in total. The Morgan fingerprint density at radius 2 is 1.50 bits per heavy atom. The zero-order valence-electron chi connectivity index (χ0n) is 5.98. The Labute approximate surface area is 80.9 Å². The van der Waals surface area contributed by atoms with E-state index in [1.54, 1.807) is 7.11 Å². The first-order valence-electron chi connectivity index (χ1n) is 2.98. The number of nitrogens with zero attached hydrogens (tertiary/aromatic N) is 1. The molecule has 0 bridgehead atoms. The van der Waals surface area contributed by atoms with Crippen molar-refractivity contribution in [1.29, 1.82) is 0 Å². The molecule has 0 unspecified atom stereocenters. The van der Waals surface area contributed by atoms with E-state index in [1.165, 1.54) is 0 Å². The number of likely N-dealkylation sites (N-methyl/N-ethyl adjacent to an activating group) is 1. The van der Waals surface area contributed by atoms with Gasteiger partial charge in [-0.05, 0) is 13.6 Å². The normalized spacial score (nSPS) is 7.00. The van der Waals surface area contributed by atoms with Crippen LogP contribution in [-0.2, 0) is 4.74 Å². The van der Waals surface area contributed by atoms with Gasteiger partial charge >= 0.3 is 0 Å². The molecule has 0 spiro atoms. The van der Waals surface area contributed by atoms with Crippen LogP contribution in [0.3, 0.4) is 0 Å². The minimum absolute atomic E-state index is 0. The fourth-order valence-corrected chi connectivity index (χ4v) is 0.405. The van der Waals surface area contributed by atoms with E-state index in [1.807, 2.05) is 0 Å². The van der Waals surface area contributed by atoms with Gasteiger partial charge in [0.15, 0.2) is 0 Å². The van der Waals surface area contributed by atoms with Crippen molar-refractivity contribution >= 4 is 0 Å². The van der Waals surface area contributed by atoms with Gasteiger partial charge in [0.2, 0.25) is 0 Å². The van der Waals surface area contributed by atoms with Crippen LogP contribution in [0.5, 0.6) is 0 Å². The minimum Gasteiger partial charge on any atom is -0.383 e. The van der Waals surface area contributed by atoms with E-state index in [9.17, 15) is 0 Å². The van der Waals surface area contributed by atoms with E-state index >= 15 is 0 Å². The monoisotopic (exact) mass is 181 g/mol. The Kier molecular flexibility index (Phi) is 55.5. The summed E-state index contributed by atoms with van der Waals surface area (Å²) in [5.41, 5.74) is 0. The molecule has 2 heteroatoms. The lowest BCUT2D eigenvalue weighted by Crippen LogP contribution is -2.21. The molecule has 2 nitrogen and oxygen atoms in total. The first-order chi connectivity index (χ1) is 3.81. The van der Waals surface area contributed by atoms with Gasteiger partial charge in [-0.2, -0.15) is 0 Å². The number of ether oxygens (including phenoxy) is 1. The van der Waals surface area contributed by atoms with Crippen molar-refractivity contribution in [2.45, 2.75) is 36.6 Å². The summed E-state index contributed by atoms with van der Waals surface area (Å²) in [6, 6.07) is 0. The van der Waals surface area contributed by atoms with Gasteiger partial charge in [-0.15, -0.1) is 0 Å². The van der Waals surface area contributed by atoms with Crippen LogP contribution in [0.15, 0.2) is 0 Å². The Morgan fingerprint density at radius 1 is 1.08 bits per heavy atom. The molecule has 0 aromatic rings. The van der Waals surface area contributed by atoms with Crippen molar-refractivity contribution in [3.63, 3.8) is 0 Å². The molecule has 0 aromatic heterocycles. The van der Waals surface area contributed by atoms with Crippen LogP contribution in [-0.4, -0.2) is 38.8 Å². The molecular weight excluding hydrogens is 150 g/mol. The molecule has 0 atom stereocenters. The molecule has 0 saturated carbocycles. The van der Waals surface area contributed by atoms with Crippen molar-refractivity contribution in [2.75, 3.05) is 33.9 Å². The molecule has 0 rings (SSSR count). The van der Waals surface area contributed by atoms with E-state index < -0.39 is 0 Å². The third kappa shape index (κ3) is 22.5. The highest BCUT2D eigenvalue weighted by molar-refractivity contribution is 4.42. The van der Waals surface area contributed by atoms with Gasteiger partial charge in [0.05, 0.1) is 6.61 Å². The Hall–Kier alpha value is -0.0800. The molecule has 0 aliphatic carbocycles.